The van der Waals surface area contributed by atoms with Gasteiger partial charge < -0.3 is 19.5 Å². The molecular formula is C15H24FNO3. The van der Waals surface area contributed by atoms with Crippen molar-refractivity contribution in [2.45, 2.75) is 26.0 Å². The molecule has 0 fully saturated rings. The Labute approximate surface area is 120 Å². The van der Waals surface area contributed by atoms with Gasteiger partial charge in [-0.3, -0.25) is 0 Å². The lowest BCUT2D eigenvalue weighted by atomic mass is 10.1. The van der Waals surface area contributed by atoms with Crippen LogP contribution in [-0.2, 0) is 9.47 Å². The van der Waals surface area contributed by atoms with Gasteiger partial charge in [0.2, 0.25) is 0 Å². The minimum Gasteiger partial charge on any atom is -0.389 e. The molecule has 0 spiro atoms. The molecule has 0 saturated heterocycles. The number of hydrogen-bond acceptors (Lipinski definition) is 4. The van der Waals surface area contributed by atoms with Crippen LogP contribution < -0.4 is 4.90 Å². The van der Waals surface area contributed by atoms with Crippen molar-refractivity contribution in [2.24, 2.45) is 0 Å². The van der Waals surface area contributed by atoms with Gasteiger partial charge in [0.1, 0.15) is 5.82 Å². The number of halogens is 1. The molecule has 1 aromatic carbocycles. The van der Waals surface area contributed by atoms with Crippen molar-refractivity contribution in [3.8, 4) is 0 Å². The maximum Gasteiger partial charge on any atom is 0.131 e. The van der Waals surface area contributed by atoms with E-state index >= 15 is 0 Å². The second-order valence-electron chi connectivity index (χ2n) is 4.84. The molecule has 0 aliphatic carbocycles. The number of nitrogens with zero attached hydrogens (tertiary/aromatic N) is 1. The lowest BCUT2D eigenvalue weighted by Gasteiger charge is -2.33. The highest BCUT2D eigenvalue weighted by molar-refractivity contribution is 5.56. The van der Waals surface area contributed by atoms with Crippen molar-refractivity contribution >= 4 is 5.69 Å². The van der Waals surface area contributed by atoms with Gasteiger partial charge in [0, 0.05) is 38.1 Å². The van der Waals surface area contributed by atoms with Gasteiger partial charge in [-0.05, 0) is 26.0 Å². The number of anilines is 1. The first-order chi connectivity index (χ1) is 9.52. The van der Waals surface area contributed by atoms with E-state index in [0.29, 0.717) is 31.0 Å². The van der Waals surface area contributed by atoms with Crippen LogP contribution in [0.2, 0.25) is 0 Å². The van der Waals surface area contributed by atoms with E-state index in [1.807, 2.05) is 17.9 Å². The first kappa shape index (κ1) is 16.9. The second kappa shape index (κ2) is 8.19. The Bertz CT molecular complexity index is 412. The van der Waals surface area contributed by atoms with Gasteiger partial charge in [0.05, 0.1) is 19.3 Å². The minimum absolute atomic E-state index is 0.0504. The highest BCUT2D eigenvalue weighted by Gasteiger charge is 2.21. The first-order valence-corrected chi connectivity index (χ1v) is 6.73. The number of aliphatic hydroxyl groups is 1. The van der Waals surface area contributed by atoms with Crippen molar-refractivity contribution in [2.75, 3.05) is 38.9 Å². The highest BCUT2D eigenvalue weighted by atomic mass is 19.1. The Morgan fingerprint density at radius 2 is 1.95 bits per heavy atom. The van der Waals surface area contributed by atoms with Crippen LogP contribution in [0, 0.1) is 5.82 Å². The second-order valence-corrected chi connectivity index (χ2v) is 4.84. The molecule has 20 heavy (non-hydrogen) atoms. The van der Waals surface area contributed by atoms with E-state index in [9.17, 15) is 9.50 Å². The molecule has 1 N–H and O–H groups in total. The number of methoxy groups -OCH3 is 2. The monoisotopic (exact) mass is 285 g/mol. The number of ether oxygens (including phenoxy) is 2. The zero-order chi connectivity index (χ0) is 15.1. The molecule has 0 aromatic heterocycles. The molecule has 114 valence electrons. The fourth-order valence-electron chi connectivity index (χ4n) is 2.29. The molecule has 5 heteroatoms. The summed E-state index contributed by atoms with van der Waals surface area (Å²) in [7, 11) is 3.26. The van der Waals surface area contributed by atoms with Crippen LogP contribution >= 0.6 is 0 Å². The van der Waals surface area contributed by atoms with Gasteiger partial charge in [0.25, 0.3) is 0 Å². The maximum absolute atomic E-state index is 14.0. The zero-order valence-corrected chi connectivity index (χ0v) is 12.6. The van der Waals surface area contributed by atoms with Gasteiger partial charge in [-0.1, -0.05) is 6.07 Å². The molecule has 0 aliphatic rings. The van der Waals surface area contributed by atoms with Gasteiger partial charge in [-0.25, -0.2) is 4.39 Å². The number of aliphatic hydroxyl groups excluding tert-OH is 1. The van der Waals surface area contributed by atoms with Crippen LogP contribution in [0.3, 0.4) is 0 Å². The molecule has 1 aromatic rings. The summed E-state index contributed by atoms with van der Waals surface area (Å²) in [5, 5.41) is 9.84. The van der Waals surface area contributed by atoms with Crippen molar-refractivity contribution in [3.05, 3.63) is 29.6 Å². The molecule has 2 atom stereocenters. The zero-order valence-electron chi connectivity index (χ0n) is 12.6. The minimum atomic E-state index is -0.869. The SMILES string of the molecule is COCCN(c1cccc(F)c1[C@@H](C)O)C(C)COC. The summed E-state index contributed by atoms with van der Waals surface area (Å²) in [5.41, 5.74) is 0.994. The molecule has 1 rings (SSSR count). The summed E-state index contributed by atoms with van der Waals surface area (Å²) < 4.78 is 24.3. The van der Waals surface area contributed by atoms with E-state index in [1.165, 1.54) is 6.07 Å². The molecule has 0 aliphatic heterocycles. The topological polar surface area (TPSA) is 41.9 Å². The van der Waals surface area contributed by atoms with Crippen LogP contribution in [-0.4, -0.2) is 45.1 Å². The molecule has 0 radical (unpaired) electrons. The van der Waals surface area contributed by atoms with Crippen LogP contribution in [0.5, 0.6) is 0 Å². The van der Waals surface area contributed by atoms with E-state index in [1.54, 1.807) is 27.2 Å². The Balaban J connectivity index is 3.15. The molecule has 0 bridgehead atoms. The van der Waals surface area contributed by atoms with Crippen LogP contribution in [0.4, 0.5) is 10.1 Å². The fourth-order valence-corrected chi connectivity index (χ4v) is 2.29. The molecule has 0 saturated carbocycles. The third-order valence-electron chi connectivity index (χ3n) is 3.23. The molecule has 0 amide bonds. The lowest BCUT2D eigenvalue weighted by molar-refractivity contribution is 0.169. The average molecular weight is 285 g/mol. The smallest absolute Gasteiger partial charge is 0.131 e. The predicted octanol–water partition coefficient (Wildman–Crippen LogP) is 2.37. The quantitative estimate of drug-likeness (QED) is 0.796. The molecule has 1 unspecified atom stereocenters. The number of hydrogen-bond donors (Lipinski definition) is 1. The van der Waals surface area contributed by atoms with E-state index in [0.717, 1.165) is 0 Å². The Morgan fingerprint density at radius 1 is 1.25 bits per heavy atom. The average Bonchev–Trinajstić information content (AvgIpc) is 2.39. The van der Waals surface area contributed by atoms with Crippen LogP contribution in [0.1, 0.15) is 25.5 Å². The summed E-state index contributed by atoms with van der Waals surface area (Å²) in [4.78, 5) is 2.00. The van der Waals surface area contributed by atoms with Crippen molar-refractivity contribution in [3.63, 3.8) is 0 Å². The summed E-state index contributed by atoms with van der Waals surface area (Å²) in [6.45, 7) is 5.20. The Hall–Kier alpha value is -1.17. The Kier molecular flexibility index (Phi) is 6.91. The summed E-state index contributed by atoms with van der Waals surface area (Å²) >= 11 is 0. The third-order valence-corrected chi connectivity index (χ3v) is 3.23. The van der Waals surface area contributed by atoms with E-state index in [2.05, 4.69) is 0 Å². The summed E-state index contributed by atoms with van der Waals surface area (Å²) in [6, 6.07) is 4.87. The van der Waals surface area contributed by atoms with Gasteiger partial charge >= 0.3 is 0 Å². The fraction of sp³-hybridized carbons (Fsp3) is 0.600. The largest absolute Gasteiger partial charge is 0.389 e. The van der Waals surface area contributed by atoms with E-state index in [-0.39, 0.29) is 6.04 Å². The molecule has 0 heterocycles. The maximum atomic E-state index is 14.0. The van der Waals surface area contributed by atoms with Crippen molar-refractivity contribution in [1.29, 1.82) is 0 Å². The van der Waals surface area contributed by atoms with Gasteiger partial charge in [-0.15, -0.1) is 0 Å². The summed E-state index contributed by atoms with van der Waals surface area (Å²) in [6.07, 6.45) is -0.869. The Morgan fingerprint density at radius 3 is 2.50 bits per heavy atom. The van der Waals surface area contributed by atoms with Crippen LogP contribution in [0.15, 0.2) is 18.2 Å². The summed E-state index contributed by atoms with van der Waals surface area (Å²) in [5.74, 6) is -0.399. The van der Waals surface area contributed by atoms with Gasteiger partial charge in [-0.2, -0.15) is 0 Å². The lowest BCUT2D eigenvalue weighted by Crippen LogP contribution is -2.39. The third kappa shape index (κ3) is 4.16. The van der Waals surface area contributed by atoms with E-state index < -0.39 is 11.9 Å². The number of benzene rings is 1. The van der Waals surface area contributed by atoms with Crippen LogP contribution in [0.25, 0.3) is 0 Å². The predicted molar refractivity (Wildman–Crippen MR) is 77.6 cm³/mol. The molecule has 4 nitrogen and oxygen atoms in total. The van der Waals surface area contributed by atoms with E-state index in [4.69, 9.17) is 9.47 Å². The highest BCUT2D eigenvalue weighted by Crippen LogP contribution is 2.30. The first-order valence-electron chi connectivity index (χ1n) is 6.73. The van der Waals surface area contributed by atoms with Gasteiger partial charge in [0.15, 0.2) is 0 Å². The van der Waals surface area contributed by atoms with Crippen molar-refractivity contribution in [1.82, 2.24) is 0 Å². The standard InChI is InChI=1S/C15H24FNO3/c1-11(10-20-4)17(8-9-19-3)14-7-5-6-13(16)15(14)12(2)18/h5-7,11-12,18H,8-10H2,1-4H3/t11?,12-/m1/s1. The normalized spacial score (nSPS) is 14.1. The molecular weight excluding hydrogens is 261 g/mol. The van der Waals surface area contributed by atoms with Crippen molar-refractivity contribution < 1.29 is 19.0 Å². The number of rotatable bonds is 8.